The van der Waals surface area contributed by atoms with Crippen molar-refractivity contribution in [1.82, 2.24) is 15.1 Å². The van der Waals surface area contributed by atoms with Crippen molar-refractivity contribution in [3.05, 3.63) is 16.4 Å². The van der Waals surface area contributed by atoms with Crippen molar-refractivity contribution in [1.29, 1.82) is 0 Å². The first-order valence-electron chi connectivity index (χ1n) is 7.18. The Kier molecular flexibility index (Phi) is 5.43. The lowest BCUT2D eigenvalue weighted by molar-refractivity contribution is 0.0565. The molecule has 1 aromatic heterocycles. The standard InChI is InChI=1S/C14H22ClN3O2/c1-10-12(15)13(17-18(10)2)14(19)16-8-5-9-20-11-6-3-4-7-11/h11H,3-9H2,1-2H3,(H,16,19). The lowest BCUT2D eigenvalue weighted by Crippen LogP contribution is -2.26. The molecule has 1 fully saturated rings. The highest BCUT2D eigenvalue weighted by Crippen LogP contribution is 2.21. The molecule has 0 atom stereocenters. The predicted molar refractivity (Wildman–Crippen MR) is 78.1 cm³/mol. The molecule has 1 amide bonds. The van der Waals surface area contributed by atoms with E-state index < -0.39 is 0 Å². The Hall–Kier alpha value is -1.07. The first kappa shape index (κ1) is 15.3. The summed E-state index contributed by atoms with van der Waals surface area (Å²) in [6, 6.07) is 0. The molecular weight excluding hydrogens is 278 g/mol. The fourth-order valence-corrected chi connectivity index (χ4v) is 2.64. The molecule has 1 aliphatic rings. The second kappa shape index (κ2) is 7.09. The molecule has 6 heteroatoms. The zero-order valence-electron chi connectivity index (χ0n) is 12.1. The van der Waals surface area contributed by atoms with Gasteiger partial charge in [0.2, 0.25) is 0 Å². The van der Waals surface area contributed by atoms with Crippen LogP contribution in [0.3, 0.4) is 0 Å². The van der Waals surface area contributed by atoms with Crippen molar-refractivity contribution >= 4 is 17.5 Å². The number of nitrogens with one attached hydrogen (secondary N) is 1. The van der Waals surface area contributed by atoms with E-state index in [0.717, 1.165) is 12.1 Å². The second-order valence-corrected chi connectivity index (χ2v) is 5.64. The van der Waals surface area contributed by atoms with Crippen molar-refractivity contribution in [2.75, 3.05) is 13.2 Å². The van der Waals surface area contributed by atoms with Crippen LogP contribution in [-0.2, 0) is 11.8 Å². The molecule has 0 saturated heterocycles. The number of aryl methyl sites for hydroxylation is 1. The van der Waals surface area contributed by atoms with Crippen LogP contribution in [0.25, 0.3) is 0 Å². The van der Waals surface area contributed by atoms with Crippen LogP contribution in [0.1, 0.15) is 48.3 Å². The van der Waals surface area contributed by atoms with Crippen molar-refractivity contribution < 1.29 is 9.53 Å². The molecular formula is C14H22ClN3O2. The fourth-order valence-electron chi connectivity index (χ4n) is 2.39. The number of hydrogen-bond donors (Lipinski definition) is 1. The molecule has 0 radical (unpaired) electrons. The maximum atomic E-state index is 11.9. The van der Waals surface area contributed by atoms with Crippen LogP contribution in [0, 0.1) is 6.92 Å². The van der Waals surface area contributed by atoms with Crippen LogP contribution in [0.4, 0.5) is 0 Å². The molecule has 5 nitrogen and oxygen atoms in total. The molecule has 2 rings (SSSR count). The maximum absolute atomic E-state index is 11.9. The third kappa shape index (κ3) is 3.73. The first-order valence-corrected chi connectivity index (χ1v) is 7.56. The van der Waals surface area contributed by atoms with Crippen LogP contribution in [0.2, 0.25) is 5.02 Å². The summed E-state index contributed by atoms with van der Waals surface area (Å²) < 4.78 is 7.35. The van der Waals surface area contributed by atoms with Gasteiger partial charge in [0.25, 0.3) is 5.91 Å². The quantitative estimate of drug-likeness (QED) is 0.821. The van der Waals surface area contributed by atoms with E-state index in [4.69, 9.17) is 16.3 Å². The van der Waals surface area contributed by atoms with Crippen molar-refractivity contribution in [3.8, 4) is 0 Å². The van der Waals surface area contributed by atoms with Gasteiger partial charge in [-0.25, -0.2) is 0 Å². The minimum atomic E-state index is -0.223. The van der Waals surface area contributed by atoms with Gasteiger partial charge in [-0.3, -0.25) is 9.48 Å². The average Bonchev–Trinajstić information content (AvgIpc) is 3.03. The topological polar surface area (TPSA) is 56.1 Å². The molecule has 1 N–H and O–H groups in total. The SMILES string of the molecule is Cc1c(Cl)c(C(=O)NCCCOC2CCCC2)nn1C. The number of carbonyl (C=O) groups is 1. The predicted octanol–water partition coefficient (Wildman–Crippen LogP) is 2.46. The van der Waals surface area contributed by atoms with Gasteiger partial charge in [-0.05, 0) is 26.2 Å². The lowest BCUT2D eigenvalue weighted by Gasteiger charge is -2.10. The van der Waals surface area contributed by atoms with Gasteiger partial charge in [0.05, 0.1) is 16.8 Å². The Morgan fingerprint density at radius 3 is 2.80 bits per heavy atom. The second-order valence-electron chi connectivity index (χ2n) is 5.26. The summed E-state index contributed by atoms with van der Waals surface area (Å²) in [6.07, 6.45) is 6.15. The zero-order chi connectivity index (χ0) is 14.5. The summed E-state index contributed by atoms with van der Waals surface area (Å²) >= 11 is 6.07. The van der Waals surface area contributed by atoms with Gasteiger partial charge in [0, 0.05) is 20.2 Å². The monoisotopic (exact) mass is 299 g/mol. The van der Waals surface area contributed by atoms with Crippen LogP contribution >= 0.6 is 11.6 Å². The summed E-state index contributed by atoms with van der Waals surface area (Å²) in [4.78, 5) is 11.9. The molecule has 112 valence electrons. The largest absolute Gasteiger partial charge is 0.378 e. The lowest BCUT2D eigenvalue weighted by atomic mass is 10.3. The van der Waals surface area contributed by atoms with E-state index in [0.29, 0.717) is 30.0 Å². The maximum Gasteiger partial charge on any atom is 0.273 e. The van der Waals surface area contributed by atoms with Gasteiger partial charge >= 0.3 is 0 Å². The number of hydrogen-bond acceptors (Lipinski definition) is 3. The fraction of sp³-hybridized carbons (Fsp3) is 0.714. The van der Waals surface area contributed by atoms with Gasteiger partial charge in [-0.2, -0.15) is 5.10 Å². The summed E-state index contributed by atoms with van der Waals surface area (Å²) in [5.74, 6) is -0.223. The molecule has 20 heavy (non-hydrogen) atoms. The number of halogens is 1. The van der Waals surface area contributed by atoms with Gasteiger partial charge in [-0.15, -0.1) is 0 Å². The normalized spacial score (nSPS) is 15.8. The average molecular weight is 300 g/mol. The van der Waals surface area contributed by atoms with Crippen molar-refractivity contribution in [2.24, 2.45) is 7.05 Å². The van der Waals surface area contributed by atoms with Crippen LogP contribution in [0.15, 0.2) is 0 Å². The molecule has 0 spiro atoms. The van der Waals surface area contributed by atoms with E-state index >= 15 is 0 Å². The highest BCUT2D eigenvalue weighted by Gasteiger charge is 2.18. The molecule has 0 aromatic carbocycles. The Bertz CT molecular complexity index is 467. The molecule has 0 unspecified atom stereocenters. The van der Waals surface area contributed by atoms with Gasteiger partial charge < -0.3 is 10.1 Å². The van der Waals surface area contributed by atoms with Crippen molar-refractivity contribution in [3.63, 3.8) is 0 Å². The first-order chi connectivity index (χ1) is 9.59. The smallest absolute Gasteiger partial charge is 0.273 e. The minimum absolute atomic E-state index is 0.223. The zero-order valence-corrected chi connectivity index (χ0v) is 12.9. The highest BCUT2D eigenvalue weighted by molar-refractivity contribution is 6.34. The van der Waals surface area contributed by atoms with Gasteiger partial charge in [-0.1, -0.05) is 24.4 Å². The molecule has 0 bridgehead atoms. The summed E-state index contributed by atoms with van der Waals surface area (Å²) in [7, 11) is 1.77. The van der Waals surface area contributed by atoms with Crippen molar-refractivity contribution in [2.45, 2.75) is 45.1 Å². The number of rotatable bonds is 6. The number of amides is 1. The number of nitrogens with zero attached hydrogens (tertiary/aromatic N) is 2. The van der Waals surface area contributed by atoms with E-state index in [2.05, 4.69) is 10.4 Å². The number of carbonyl (C=O) groups excluding carboxylic acids is 1. The van der Waals surface area contributed by atoms with E-state index in [-0.39, 0.29) is 5.91 Å². The Morgan fingerprint density at radius 2 is 2.20 bits per heavy atom. The van der Waals surface area contributed by atoms with Gasteiger partial charge in [0.1, 0.15) is 0 Å². The Morgan fingerprint density at radius 1 is 1.50 bits per heavy atom. The minimum Gasteiger partial charge on any atom is -0.378 e. The molecule has 1 aromatic rings. The summed E-state index contributed by atoms with van der Waals surface area (Å²) in [6.45, 7) is 3.11. The Labute approximate surface area is 124 Å². The summed E-state index contributed by atoms with van der Waals surface area (Å²) in [5.41, 5.74) is 1.09. The van der Waals surface area contributed by atoms with E-state index in [9.17, 15) is 4.79 Å². The van der Waals surface area contributed by atoms with Crippen LogP contribution in [-0.4, -0.2) is 34.9 Å². The summed E-state index contributed by atoms with van der Waals surface area (Å²) in [5, 5.41) is 7.36. The highest BCUT2D eigenvalue weighted by atomic mass is 35.5. The van der Waals surface area contributed by atoms with E-state index in [1.54, 1.807) is 11.7 Å². The number of ether oxygens (including phenoxy) is 1. The van der Waals surface area contributed by atoms with Gasteiger partial charge in [0.15, 0.2) is 5.69 Å². The molecule has 1 aliphatic carbocycles. The van der Waals surface area contributed by atoms with E-state index in [1.807, 2.05) is 6.92 Å². The van der Waals surface area contributed by atoms with Crippen LogP contribution < -0.4 is 5.32 Å². The molecule has 1 heterocycles. The van der Waals surface area contributed by atoms with E-state index in [1.165, 1.54) is 25.7 Å². The number of aromatic nitrogens is 2. The third-order valence-corrected chi connectivity index (χ3v) is 4.19. The third-order valence-electron chi connectivity index (χ3n) is 3.74. The Balaban J connectivity index is 1.68. The molecule has 1 saturated carbocycles. The van der Waals surface area contributed by atoms with Crippen LogP contribution in [0.5, 0.6) is 0 Å². The molecule has 0 aliphatic heterocycles.